The molecule has 1 heterocycles. The van der Waals surface area contributed by atoms with Gasteiger partial charge in [-0.05, 0) is 31.0 Å². The minimum Gasteiger partial charge on any atom is -0.399 e. The molecule has 4 N–H and O–H groups in total. The number of amides is 1. The van der Waals surface area contributed by atoms with Crippen molar-refractivity contribution < 1.29 is 9.53 Å². The van der Waals surface area contributed by atoms with Crippen LogP contribution in [0.25, 0.3) is 0 Å². The molecule has 1 saturated heterocycles. The van der Waals surface area contributed by atoms with E-state index in [0.717, 1.165) is 31.0 Å². The molecule has 0 bridgehead atoms. The van der Waals surface area contributed by atoms with Gasteiger partial charge < -0.3 is 16.2 Å². The molecule has 1 fully saturated rings. The number of nitrogen functional groups attached to an aromatic ring is 1. The van der Waals surface area contributed by atoms with Gasteiger partial charge in [-0.3, -0.25) is 4.79 Å². The molecule has 0 aromatic heterocycles. The van der Waals surface area contributed by atoms with Crippen molar-refractivity contribution >= 4 is 23.4 Å². The van der Waals surface area contributed by atoms with E-state index in [0.29, 0.717) is 16.5 Å². The van der Waals surface area contributed by atoms with E-state index in [4.69, 9.17) is 16.2 Å². The van der Waals surface area contributed by atoms with Gasteiger partial charge in [0.1, 0.15) is 0 Å². The maximum absolute atomic E-state index is 11.3. The van der Waals surface area contributed by atoms with Crippen LogP contribution in [0, 0.1) is 0 Å². The molecule has 1 aromatic rings. The molecule has 1 amide bonds. The Balaban J connectivity index is 2.16. The normalized spacial score (nSPS) is 16.9. The lowest BCUT2D eigenvalue weighted by Crippen LogP contribution is -2.18. The molecule has 1 aliphatic rings. The van der Waals surface area contributed by atoms with Crippen LogP contribution >= 0.6 is 11.8 Å². The molecule has 0 unspecified atom stereocenters. The number of carbonyl (C=O) groups excluding carboxylic acids is 1. The van der Waals surface area contributed by atoms with Crippen LogP contribution in [0.15, 0.2) is 23.1 Å². The molecule has 17 heavy (non-hydrogen) atoms. The van der Waals surface area contributed by atoms with E-state index in [2.05, 4.69) is 0 Å². The third-order valence-electron chi connectivity index (χ3n) is 2.73. The van der Waals surface area contributed by atoms with Crippen molar-refractivity contribution in [3.05, 3.63) is 23.8 Å². The van der Waals surface area contributed by atoms with Gasteiger partial charge in [0, 0.05) is 29.0 Å². The Morgan fingerprint density at radius 3 is 2.71 bits per heavy atom. The largest absolute Gasteiger partial charge is 0.399 e. The summed E-state index contributed by atoms with van der Waals surface area (Å²) in [6.45, 7) is 1.58. The van der Waals surface area contributed by atoms with Crippen LogP contribution in [-0.2, 0) is 4.74 Å². The zero-order valence-corrected chi connectivity index (χ0v) is 10.3. The number of thioether (sulfide) groups is 1. The lowest BCUT2D eigenvalue weighted by atomic mass is 10.2. The van der Waals surface area contributed by atoms with Gasteiger partial charge in [-0.1, -0.05) is 0 Å². The Morgan fingerprint density at radius 2 is 2.06 bits per heavy atom. The maximum atomic E-state index is 11.3. The lowest BCUT2D eigenvalue weighted by Gasteiger charge is -2.22. The molecule has 0 atom stereocenters. The van der Waals surface area contributed by atoms with Crippen molar-refractivity contribution in [3.63, 3.8) is 0 Å². The van der Waals surface area contributed by atoms with Gasteiger partial charge in [0.05, 0.1) is 5.56 Å². The summed E-state index contributed by atoms with van der Waals surface area (Å²) in [6, 6.07) is 5.31. The standard InChI is InChI=1S/C12H16N2O2S/c13-8-1-2-11(10(7-8)12(14)15)17-9-3-5-16-6-4-9/h1-2,7,9H,3-6,13H2,(H2,14,15). The van der Waals surface area contributed by atoms with Crippen LogP contribution in [-0.4, -0.2) is 24.4 Å². The Bertz CT molecular complexity index is 417. The molecule has 2 rings (SSSR count). The van der Waals surface area contributed by atoms with Crippen molar-refractivity contribution in [1.29, 1.82) is 0 Å². The Labute approximate surface area is 105 Å². The molecule has 0 aliphatic carbocycles. The number of benzene rings is 1. The predicted octanol–water partition coefficient (Wildman–Crippen LogP) is 1.64. The summed E-state index contributed by atoms with van der Waals surface area (Å²) in [6.07, 6.45) is 2.01. The number of anilines is 1. The monoisotopic (exact) mass is 252 g/mol. The number of hydrogen-bond acceptors (Lipinski definition) is 4. The highest BCUT2D eigenvalue weighted by molar-refractivity contribution is 8.00. The Kier molecular flexibility index (Phi) is 3.91. The molecule has 1 aliphatic heterocycles. The number of ether oxygens (including phenoxy) is 1. The van der Waals surface area contributed by atoms with Gasteiger partial charge in [0.2, 0.25) is 5.91 Å². The molecule has 0 saturated carbocycles. The van der Waals surface area contributed by atoms with Crippen LogP contribution in [0.3, 0.4) is 0 Å². The first-order valence-electron chi connectivity index (χ1n) is 5.60. The van der Waals surface area contributed by atoms with Crippen LogP contribution in [0.4, 0.5) is 5.69 Å². The highest BCUT2D eigenvalue weighted by atomic mass is 32.2. The smallest absolute Gasteiger partial charge is 0.249 e. The lowest BCUT2D eigenvalue weighted by molar-refractivity contribution is 0.0996. The third kappa shape index (κ3) is 3.14. The number of carbonyl (C=O) groups is 1. The van der Waals surface area contributed by atoms with Gasteiger partial charge in [-0.2, -0.15) is 0 Å². The summed E-state index contributed by atoms with van der Waals surface area (Å²) in [5.74, 6) is -0.424. The SMILES string of the molecule is NC(=O)c1cc(N)ccc1SC1CCOCC1. The molecule has 0 spiro atoms. The first-order valence-corrected chi connectivity index (χ1v) is 6.48. The highest BCUT2D eigenvalue weighted by Gasteiger charge is 2.18. The van der Waals surface area contributed by atoms with Crippen LogP contribution in [0.5, 0.6) is 0 Å². The maximum Gasteiger partial charge on any atom is 0.249 e. The number of primary amides is 1. The van der Waals surface area contributed by atoms with E-state index in [1.165, 1.54) is 0 Å². The fourth-order valence-electron chi connectivity index (χ4n) is 1.82. The fraction of sp³-hybridized carbons (Fsp3) is 0.417. The summed E-state index contributed by atoms with van der Waals surface area (Å²) in [4.78, 5) is 12.3. The van der Waals surface area contributed by atoms with Gasteiger partial charge in [0.15, 0.2) is 0 Å². The van der Waals surface area contributed by atoms with E-state index in [1.807, 2.05) is 6.07 Å². The van der Waals surface area contributed by atoms with E-state index < -0.39 is 5.91 Å². The second-order valence-electron chi connectivity index (χ2n) is 4.05. The van der Waals surface area contributed by atoms with Crippen LogP contribution in [0.2, 0.25) is 0 Å². The molecule has 0 radical (unpaired) electrons. The summed E-state index contributed by atoms with van der Waals surface area (Å²) in [5, 5.41) is 0.491. The van der Waals surface area contributed by atoms with E-state index in [-0.39, 0.29) is 0 Å². The molecule has 4 nitrogen and oxygen atoms in total. The van der Waals surface area contributed by atoms with Gasteiger partial charge in [0.25, 0.3) is 0 Å². The van der Waals surface area contributed by atoms with Gasteiger partial charge in [-0.15, -0.1) is 11.8 Å². The van der Waals surface area contributed by atoms with E-state index in [1.54, 1.807) is 23.9 Å². The minimum atomic E-state index is -0.424. The van der Waals surface area contributed by atoms with Crippen molar-refractivity contribution in [1.82, 2.24) is 0 Å². The second-order valence-corrected chi connectivity index (χ2v) is 5.39. The van der Waals surface area contributed by atoms with E-state index >= 15 is 0 Å². The average molecular weight is 252 g/mol. The average Bonchev–Trinajstić information content (AvgIpc) is 2.32. The summed E-state index contributed by atoms with van der Waals surface area (Å²) in [5.41, 5.74) is 12.1. The number of hydrogen-bond donors (Lipinski definition) is 2. The molecular weight excluding hydrogens is 236 g/mol. The second kappa shape index (κ2) is 5.42. The molecule has 1 aromatic carbocycles. The third-order valence-corrected chi connectivity index (χ3v) is 4.15. The van der Waals surface area contributed by atoms with Crippen molar-refractivity contribution in [3.8, 4) is 0 Å². The van der Waals surface area contributed by atoms with E-state index in [9.17, 15) is 4.79 Å². The first-order chi connectivity index (χ1) is 8.16. The van der Waals surface area contributed by atoms with Crippen LogP contribution in [0.1, 0.15) is 23.2 Å². The number of nitrogens with two attached hydrogens (primary N) is 2. The minimum absolute atomic E-state index is 0.424. The first kappa shape index (κ1) is 12.3. The molecular formula is C12H16N2O2S. The summed E-state index contributed by atoms with van der Waals surface area (Å²) < 4.78 is 5.31. The Hall–Kier alpha value is -1.20. The van der Waals surface area contributed by atoms with Gasteiger partial charge in [-0.25, -0.2) is 0 Å². The van der Waals surface area contributed by atoms with Crippen LogP contribution < -0.4 is 11.5 Å². The zero-order valence-electron chi connectivity index (χ0n) is 9.52. The zero-order chi connectivity index (χ0) is 12.3. The topological polar surface area (TPSA) is 78.3 Å². The molecule has 5 heteroatoms. The van der Waals surface area contributed by atoms with Crippen molar-refractivity contribution in [2.45, 2.75) is 23.0 Å². The summed E-state index contributed by atoms with van der Waals surface area (Å²) >= 11 is 1.69. The predicted molar refractivity (Wildman–Crippen MR) is 69.1 cm³/mol. The fourth-order valence-corrected chi connectivity index (χ4v) is 3.04. The van der Waals surface area contributed by atoms with Gasteiger partial charge >= 0.3 is 0 Å². The van der Waals surface area contributed by atoms with Crippen molar-refractivity contribution in [2.24, 2.45) is 5.73 Å². The number of rotatable bonds is 3. The Morgan fingerprint density at radius 1 is 1.35 bits per heavy atom. The molecule has 92 valence electrons. The quantitative estimate of drug-likeness (QED) is 0.802. The van der Waals surface area contributed by atoms with Crippen molar-refractivity contribution in [2.75, 3.05) is 18.9 Å². The highest BCUT2D eigenvalue weighted by Crippen LogP contribution is 2.32. The summed E-state index contributed by atoms with van der Waals surface area (Å²) in [7, 11) is 0.